The van der Waals surface area contributed by atoms with E-state index in [0.29, 0.717) is 18.7 Å². The molecule has 0 aliphatic carbocycles. The van der Waals surface area contributed by atoms with E-state index in [4.69, 9.17) is 4.74 Å². The maximum Gasteiger partial charge on any atom is 0.251 e. The molecule has 2 aromatic rings. The van der Waals surface area contributed by atoms with Crippen LogP contribution in [0.5, 0.6) is 0 Å². The molecule has 0 bridgehead atoms. The second-order valence-electron chi connectivity index (χ2n) is 6.78. The number of nitrogens with one attached hydrogen (secondary N) is 1. The van der Waals surface area contributed by atoms with Crippen molar-refractivity contribution in [3.63, 3.8) is 0 Å². The average molecular weight is 315 g/mol. The lowest BCUT2D eigenvalue weighted by molar-refractivity contribution is 0.0892. The summed E-state index contributed by atoms with van der Waals surface area (Å²) in [5.41, 5.74) is 1.65. The van der Waals surface area contributed by atoms with Gasteiger partial charge in [0.2, 0.25) is 0 Å². The maximum atomic E-state index is 12.5. The summed E-state index contributed by atoms with van der Waals surface area (Å²) in [5.74, 6) is -0.0611. The molecule has 1 atom stereocenters. The monoisotopic (exact) mass is 315 g/mol. The van der Waals surface area contributed by atoms with E-state index in [-0.39, 0.29) is 17.4 Å². The van der Waals surface area contributed by atoms with Crippen molar-refractivity contribution in [1.82, 2.24) is 14.9 Å². The second kappa shape index (κ2) is 7.42. The molecule has 1 aromatic heterocycles. The Kier molecular flexibility index (Phi) is 5.55. The van der Waals surface area contributed by atoms with Gasteiger partial charge < -0.3 is 14.6 Å². The first kappa shape index (κ1) is 17.2. The number of rotatable bonds is 6. The number of benzene rings is 1. The molecule has 1 aromatic carbocycles. The molecule has 2 rings (SSSR count). The molecule has 5 heteroatoms. The highest BCUT2D eigenvalue weighted by molar-refractivity contribution is 5.94. The highest BCUT2D eigenvalue weighted by Gasteiger charge is 2.26. The molecular formula is C18H25N3O2. The molecule has 0 saturated carbocycles. The number of hydrogen-bond donors (Lipinski definition) is 1. The highest BCUT2D eigenvalue weighted by atomic mass is 16.5. The van der Waals surface area contributed by atoms with E-state index < -0.39 is 0 Å². The van der Waals surface area contributed by atoms with Crippen molar-refractivity contribution in [2.75, 3.05) is 7.11 Å². The topological polar surface area (TPSA) is 56.1 Å². The second-order valence-corrected chi connectivity index (χ2v) is 6.78. The first-order valence-electron chi connectivity index (χ1n) is 7.74. The SMILES string of the molecule is COCc1ccc(C(=O)N[C@H](Cn2ccnc2)C(C)(C)C)cc1. The van der Waals surface area contributed by atoms with Gasteiger partial charge in [-0.15, -0.1) is 0 Å². The first-order chi connectivity index (χ1) is 10.9. The van der Waals surface area contributed by atoms with E-state index in [1.165, 1.54) is 0 Å². The zero-order valence-corrected chi connectivity index (χ0v) is 14.2. The molecular weight excluding hydrogens is 290 g/mol. The average Bonchev–Trinajstić information content (AvgIpc) is 3.00. The van der Waals surface area contributed by atoms with Crippen molar-refractivity contribution in [3.05, 3.63) is 54.1 Å². The van der Waals surface area contributed by atoms with Gasteiger partial charge in [-0.2, -0.15) is 0 Å². The van der Waals surface area contributed by atoms with Crippen molar-refractivity contribution in [2.24, 2.45) is 5.41 Å². The fraction of sp³-hybridized carbons (Fsp3) is 0.444. The van der Waals surface area contributed by atoms with E-state index >= 15 is 0 Å². The Morgan fingerprint density at radius 1 is 1.30 bits per heavy atom. The molecule has 0 unspecified atom stereocenters. The lowest BCUT2D eigenvalue weighted by atomic mass is 9.86. The summed E-state index contributed by atoms with van der Waals surface area (Å²) in [6.07, 6.45) is 5.42. The number of methoxy groups -OCH3 is 1. The Labute approximate surface area is 137 Å². The fourth-order valence-corrected chi connectivity index (χ4v) is 2.30. The quantitative estimate of drug-likeness (QED) is 0.892. The fourth-order valence-electron chi connectivity index (χ4n) is 2.30. The Hall–Kier alpha value is -2.14. The van der Waals surface area contributed by atoms with Crippen molar-refractivity contribution in [1.29, 1.82) is 0 Å². The van der Waals surface area contributed by atoms with E-state index in [1.54, 1.807) is 19.6 Å². The third kappa shape index (κ3) is 4.93. The molecule has 0 saturated heterocycles. The zero-order chi connectivity index (χ0) is 16.9. The van der Waals surface area contributed by atoms with Crippen LogP contribution in [0, 0.1) is 5.41 Å². The standard InChI is InChI=1S/C18H25N3O2/c1-18(2,3)16(11-21-10-9-19-13-21)20-17(22)15-7-5-14(6-8-15)12-23-4/h5-10,13,16H,11-12H2,1-4H3,(H,20,22)/t16-/m1/s1. The van der Waals surface area contributed by atoms with Crippen LogP contribution in [0.3, 0.4) is 0 Å². The lowest BCUT2D eigenvalue weighted by Crippen LogP contribution is -2.46. The van der Waals surface area contributed by atoms with Gasteiger partial charge in [-0.05, 0) is 23.1 Å². The summed E-state index contributed by atoms with van der Waals surface area (Å²) in [6, 6.07) is 7.50. The van der Waals surface area contributed by atoms with Crippen LogP contribution in [0.25, 0.3) is 0 Å². The summed E-state index contributed by atoms with van der Waals surface area (Å²) < 4.78 is 7.07. The van der Waals surface area contributed by atoms with Crippen LogP contribution in [0.1, 0.15) is 36.7 Å². The third-order valence-corrected chi connectivity index (χ3v) is 3.83. The molecule has 1 heterocycles. The molecule has 0 aliphatic heterocycles. The number of nitrogens with zero attached hydrogens (tertiary/aromatic N) is 2. The van der Waals surface area contributed by atoms with E-state index in [9.17, 15) is 4.79 Å². The largest absolute Gasteiger partial charge is 0.380 e. The van der Waals surface area contributed by atoms with Crippen LogP contribution in [-0.2, 0) is 17.9 Å². The summed E-state index contributed by atoms with van der Waals surface area (Å²) >= 11 is 0. The number of imidazole rings is 1. The van der Waals surface area contributed by atoms with Crippen LogP contribution >= 0.6 is 0 Å². The van der Waals surface area contributed by atoms with Crippen LogP contribution in [-0.4, -0.2) is 28.6 Å². The third-order valence-electron chi connectivity index (χ3n) is 3.83. The molecule has 124 valence electrons. The molecule has 1 N–H and O–H groups in total. The Balaban J connectivity index is 2.07. The van der Waals surface area contributed by atoms with E-state index in [1.807, 2.05) is 35.0 Å². The van der Waals surface area contributed by atoms with Gasteiger partial charge in [-0.3, -0.25) is 4.79 Å². The molecule has 23 heavy (non-hydrogen) atoms. The van der Waals surface area contributed by atoms with Gasteiger partial charge in [0.05, 0.1) is 19.0 Å². The minimum atomic E-state index is -0.0611. The normalized spacial score (nSPS) is 12.9. The predicted molar refractivity (Wildman–Crippen MR) is 90.1 cm³/mol. The minimum Gasteiger partial charge on any atom is -0.380 e. The number of hydrogen-bond acceptors (Lipinski definition) is 3. The Morgan fingerprint density at radius 3 is 2.52 bits per heavy atom. The van der Waals surface area contributed by atoms with E-state index in [2.05, 4.69) is 31.1 Å². The Morgan fingerprint density at radius 2 is 2.00 bits per heavy atom. The molecule has 1 amide bonds. The van der Waals surface area contributed by atoms with Gasteiger partial charge in [0.25, 0.3) is 5.91 Å². The summed E-state index contributed by atoms with van der Waals surface area (Å²) in [7, 11) is 1.66. The number of carbonyl (C=O) groups excluding carboxylic acids is 1. The van der Waals surface area contributed by atoms with Gasteiger partial charge >= 0.3 is 0 Å². The van der Waals surface area contributed by atoms with Crippen molar-refractivity contribution in [2.45, 2.75) is 40.0 Å². The van der Waals surface area contributed by atoms with Gasteiger partial charge in [-0.25, -0.2) is 4.98 Å². The van der Waals surface area contributed by atoms with Crippen molar-refractivity contribution >= 4 is 5.91 Å². The van der Waals surface area contributed by atoms with E-state index in [0.717, 1.165) is 5.56 Å². The van der Waals surface area contributed by atoms with Crippen molar-refractivity contribution < 1.29 is 9.53 Å². The molecule has 0 aliphatic rings. The number of ether oxygens (including phenoxy) is 1. The van der Waals surface area contributed by atoms with Gasteiger partial charge in [0.1, 0.15) is 0 Å². The smallest absolute Gasteiger partial charge is 0.251 e. The minimum absolute atomic E-state index is 0.00264. The number of amides is 1. The zero-order valence-electron chi connectivity index (χ0n) is 14.2. The highest BCUT2D eigenvalue weighted by Crippen LogP contribution is 2.21. The number of carbonyl (C=O) groups is 1. The summed E-state index contributed by atoms with van der Waals surface area (Å²) in [6.45, 7) is 7.60. The lowest BCUT2D eigenvalue weighted by Gasteiger charge is -2.31. The molecule has 0 fully saturated rings. The maximum absolute atomic E-state index is 12.5. The molecule has 5 nitrogen and oxygen atoms in total. The van der Waals surface area contributed by atoms with Crippen molar-refractivity contribution in [3.8, 4) is 0 Å². The first-order valence-corrected chi connectivity index (χ1v) is 7.74. The number of aromatic nitrogens is 2. The predicted octanol–water partition coefficient (Wildman–Crippen LogP) is 2.87. The van der Waals surface area contributed by atoms with Crippen LogP contribution in [0.4, 0.5) is 0 Å². The van der Waals surface area contributed by atoms with Crippen LogP contribution < -0.4 is 5.32 Å². The Bertz CT molecular complexity index is 613. The van der Waals surface area contributed by atoms with Crippen LogP contribution in [0.15, 0.2) is 43.0 Å². The molecule has 0 radical (unpaired) electrons. The molecule has 0 spiro atoms. The van der Waals surface area contributed by atoms with Gasteiger partial charge in [-0.1, -0.05) is 32.9 Å². The van der Waals surface area contributed by atoms with Crippen LogP contribution in [0.2, 0.25) is 0 Å². The van der Waals surface area contributed by atoms with Gasteiger partial charge in [0, 0.05) is 31.6 Å². The summed E-state index contributed by atoms with van der Waals surface area (Å²) in [5, 5.41) is 3.14. The summed E-state index contributed by atoms with van der Waals surface area (Å²) in [4.78, 5) is 16.6. The van der Waals surface area contributed by atoms with Gasteiger partial charge in [0.15, 0.2) is 0 Å².